The number of benzene rings is 2. The third kappa shape index (κ3) is 6.21. The predicted octanol–water partition coefficient (Wildman–Crippen LogP) is 5.90. The zero-order valence-electron chi connectivity index (χ0n) is 21.8. The molecule has 0 N–H and O–H groups in total. The maximum atomic E-state index is 14.0. The summed E-state index contributed by atoms with van der Waals surface area (Å²) in [6.07, 6.45) is 10.0. The fourth-order valence-electron chi connectivity index (χ4n) is 5.43. The highest BCUT2D eigenvalue weighted by Crippen LogP contribution is 2.35. The van der Waals surface area contributed by atoms with Gasteiger partial charge in [0.05, 0.1) is 20.3 Å². The van der Waals surface area contributed by atoms with E-state index in [-0.39, 0.29) is 24.4 Å². The first kappa shape index (κ1) is 26.1. The molecule has 194 valence electrons. The first-order valence-corrected chi connectivity index (χ1v) is 13.6. The van der Waals surface area contributed by atoms with E-state index in [1.165, 1.54) is 25.7 Å². The summed E-state index contributed by atoms with van der Waals surface area (Å²) in [6.45, 7) is 3.36. The van der Waals surface area contributed by atoms with Crippen LogP contribution in [0.15, 0.2) is 48.5 Å². The molecule has 6 heteroatoms. The standard InChI is InChI=1S/C30H40N2O4/c1-3-4-5-11-20-36-26-18-16-23(17-19-26)29-30(34)31(25-13-7-6-8-14-25)22-28(33)32(29)21-24-12-9-10-15-27(24)35-2/h9-10,12,15-19,25,29H,3-8,11,13-14,20-22H2,1-2H3. The fraction of sp³-hybridized carbons (Fsp3) is 0.533. The summed E-state index contributed by atoms with van der Waals surface area (Å²) in [5.74, 6) is 1.51. The van der Waals surface area contributed by atoms with E-state index in [2.05, 4.69) is 6.92 Å². The summed E-state index contributed by atoms with van der Waals surface area (Å²) in [4.78, 5) is 31.1. The smallest absolute Gasteiger partial charge is 0.250 e. The van der Waals surface area contributed by atoms with Crippen molar-refractivity contribution in [3.63, 3.8) is 0 Å². The molecule has 2 aliphatic rings. The van der Waals surface area contributed by atoms with Gasteiger partial charge in [0.2, 0.25) is 5.91 Å². The van der Waals surface area contributed by atoms with Crippen LogP contribution in [0.3, 0.4) is 0 Å². The van der Waals surface area contributed by atoms with Gasteiger partial charge in [0.15, 0.2) is 0 Å². The van der Waals surface area contributed by atoms with Gasteiger partial charge in [-0.2, -0.15) is 0 Å². The van der Waals surface area contributed by atoms with Crippen molar-refractivity contribution in [3.05, 3.63) is 59.7 Å². The van der Waals surface area contributed by atoms with E-state index < -0.39 is 6.04 Å². The van der Waals surface area contributed by atoms with Crippen molar-refractivity contribution in [3.8, 4) is 11.5 Å². The van der Waals surface area contributed by atoms with Gasteiger partial charge in [-0.1, -0.05) is 75.8 Å². The largest absolute Gasteiger partial charge is 0.496 e. The summed E-state index contributed by atoms with van der Waals surface area (Å²) in [5.41, 5.74) is 1.71. The Labute approximate surface area is 215 Å². The molecule has 1 saturated carbocycles. The topological polar surface area (TPSA) is 59.1 Å². The summed E-state index contributed by atoms with van der Waals surface area (Å²) in [5, 5.41) is 0. The van der Waals surface area contributed by atoms with E-state index in [4.69, 9.17) is 9.47 Å². The van der Waals surface area contributed by atoms with Gasteiger partial charge in [0.25, 0.3) is 5.91 Å². The number of rotatable bonds is 11. The lowest BCUT2D eigenvalue weighted by Crippen LogP contribution is -2.58. The maximum absolute atomic E-state index is 14.0. The fourth-order valence-corrected chi connectivity index (χ4v) is 5.43. The number of ether oxygens (including phenoxy) is 2. The molecule has 0 aromatic heterocycles. The molecule has 1 aliphatic heterocycles. The Morgan fingerprint density at radius 2 is 1.67 bits per heavy atom. The van der Waals surface area contributed by atoms with Crippen LogP contribution >= 0.6 is 0 Å². The molecular formula is C30H40N2O4. The Kier molecular flexibility index (Phi) is 9.26. The molecule has 4 rings (SSSR count). The van der Waals surface area contributed by atoms with Crippen LogP contribution in [0.2, 0.25) is 0 Å². The summed E-state index contributed by atoms with van der Waals surface area (Å²) in [7, 11) is 1.63. The lowest BCUT2D eigenvalue weighted by Gasteiger charge is -2.44. The van der Waals surface area contributed by atoms with E-state index >= 15 is 0 Å². The van der Waals surface area contributed by atoms with Crippen LogP contribution in [-0.2, 0) is 16.1 Å². The van der Waals surface area contributed by atoms with Gasteiger partial charge >= 0.3 is 0 Å². The Morgan fingerprint density at radius 1 is 0.917 bits per heavy atom. The van der Waals surface area contributed by atoms with Crippen LogP contribution < -0.4 is 9.47 Å². The van der Waals surface area contributed by atoms with Crippen LogP contribution in [0.4, 0.5) is 0 Å². The molecule has 2 aromatic rings. The van der Waals surface area contributed by atoms with Crippen LogP contribution in [0.1, 0.15) is 81.9 Å². The second kappa shape index (κ2) is 12.8. The van der Waals surface area contributed by atoms with Crippen molar-refractivity contribution in [1.82, 2.24) is 9.80 Å². The zero-order chi connectivity index (χ0) is 25.3. The molecular weight excluding hydrogens is 452 g/mol. The molecule has 0 bridgehead atoms. The molecule has 2 amide bonds. The molecule has 6 nitrogen and oxygen atoms in total. The SMILES string of the molecule is CCCCCCOc1ccc(C2C(=O)N(C3CCCCC3)CC(=O)N2Cc2ccccc2OC)cc1. The van der Waals surface area contributed by atoms with Gasteiger partial charge in [-0.05, 0) is 43.0 Å². The molecule has 1 saturated heterocycles. The van der Waals surface area contributed by atoms with E-state index in [0.717, 1.165) is 54.7 Å². The van der Waals surface area contributed by atoms with Gasteiger partial charge < -0.3 is 19.3 Å². The third-order valence-corrected chi connectivity index (χ3v) is 7.47. The van der Waals surface area contributed by atoms with Gasteiger partial charge in [-0.15, -0.1) is 0 Å². The first-order chi connectivity index (χ1) is 17.6. The van der Waals surface area contributed by atoms with Gasteiger partial charge in [0.1, 0.15) is 24.1 Å². The van der Waals surface area contributed by atoms with E-state index in [0.29, 0.717) is 13.2 Å². The summed E-state index contributed by atoms with van der Waals surface area (Å²) >= 11 is 0. The molecule has 2 aromatic carbocycles. The Morgan fingerprint density at radius 3 is 2.39 bits per heavy atom. The number of carbonyl (C=O) groups excluding carboxylic acids is 2. The van der Waals surface area contributed by atoms with Crippen LogP contribution in [0.5, 0.6) is 11.5 Å². The van der Waals surface area contributed by atoms with E-state index in [9.17, 15) is 9.59 Å². The van der Waals surface area contributed by atoms with Gasteiger partial charge in [-0.3, -0.25) is 9.59 Å². The molecule has 1 atom stereocenters. The number of methoxy groups -OCH3 is 1. The monoisotopic (exact) mass is 492 g/mol. The van der Waals surface area contributed by atoms with Crippen molar-refractivity contribution in [2.75, 3.05) is 20.3 Å². The highest BCUT2D eigenvalue weighted by molar-refractivity contribution is 5.95. The lowest BCUT2D eigenvalue weighted by molar-refractivity contribution is -0.160. The van der Waals surface area contributed by atoms with Crippen molar-refractivity contribution in [2.45, 2.75) is 83.3 Å². The summed E-state index contributed by atoms with van der Waals surface area (Å²) < 4.78 is 11.5. The van der Waals surface area contributed by atoms with E-state index in [1.54, 1.807) is 12.0 Å². The number of hydrogen-bond donors (Lipinski definition) is 0. The lowest BCUT2D eigenvalue weighted by atomic mass is 9.91. The number of para-hydroxylation sites is 1. The maximum Gasteiger partial charge on any atom is 0.250 e. The first-order valence-electron chi connectivity index (χ1n) is 13.6. The quantitative estimate of drug-likeness (QED) is 0.367. The Bertz CT molecular complexity index is 1000. The van der Waals surface area contributed by atoms with Gasteiger partial charge in [-0.25, -0.2) is 0 Å². The Balaban J connectivity index is 1.57. The number of unbranched alkanes of at least 4 members (excludes halogenated alkanes) is 3. The zero-order valence-corrected chi connectivity index (χ0v) is 21.8. The van der Waals surface area contributed by atoms with Crippen LogP contribution in [0, 0.1) is 0 Å². The molecule has 1 aliphatic carbocycles. The van der Waals surface area contributed by atoms with Crippen LogP contribution in [0.25, 0.3) is 0 Å². The number of piperazine rings is 1. The number of carbonyl (C=O) groups is 2. The molecule has 1 unspecified atom stereocenters. The molecule has 0 radical (unpaired) electrons. The minimum absolute atomic E-state index is 0.0182. The number of nitrogens with zero attached hydrogens (tertiary/aromatic N) is 2. The highest BCUT2D eigenvalue weighted by atomic mass is 16.5. The normalized spacial score (nSPS) is 19.0. The Hall–Kier alpha value is -3.02. The minimum atomic E-state index is -0.656. The van der Waals surface area contributed by atoms with Crippen molar-refractivity contribution in [1.29, 1.82) is 0 Å². The van der Waals surface area contributed by atoms with Crippen molar-refractivity contribution >= 4 is 11.8 Å². The molecule has 1 heterocycles. The third-order valence-electron chi connectivity index (χ3n) is 7.47. The van der Waals surface area contributed by atoms with Crippen molar-refractivity contribution < 1.29 is 19.1 Å². The average Bonchev–Trinajstić information content (AvgIpc) is 2.92. The van der Waals surface area contributed by atoms with Crippen molar-refractivity contribution in [2.24, 2.45) is 0 Å². The second-order valence-corrected chi connectivity index (χ2v) is 9.97. The number of amides is 2. The number of hydrogen-bond acceptors (Lipinski definition) is 4. The highest BCUT2D eigenvalue weighted by Gasteiger charge is 2.43. The van der Waals surface area contributed by atoms with Crippen LogP contribution in [-0.4, -0.2) is 47.9 Å². The van der Waals surface area contributed by atoms with E-state index in [1.807, 2.05) is 53.4 Å². The minimum Gasteiger partial charge on any atom is -0.496 e. The summed E-state index contributed by atoms with van der Waals surface area (Å²) in [6, 6.07) is 14.9. The predicted molar refractivity (Wildman–Crippen MR) is 141 cm³/mol. The molecule has 2 fully saturated rings. The average molecular weight is 493 g/mol. The molecule has 0 spiro atoms. The van der Waals surface area contributed by atoms with Gasteiger partial charge in [0, 0.05) is 11.6 Å². The second-order valence-electron chi connectivity index (χ2n) is 9.97. The molecule has 36 heavy (non-hydrogen) atoms.